The standard InChI is InChI=1S/C11H19NO5/c1-6-9(14)7(5-8(13)16-6)12-10(15)17-11(2,3)4/h6-7,9,14H,5H2,1-4H3,(H,12,15)/t6-,7-,9-/m0/s1. The Morgan fingerprint density at radius 1 is 1.53 bits per heavy atom. The third-order valence-corrected chi connectivity index (χ3v) is 2.30. The Morgan fingerprint density at radius 3 is 2.65 bits per heavy atom. The fourth-order valence-corrected chi connectivity index (χ4v) is 1.55. The first-order chi connectivity index (χ1) is 7.69. The van der Waals surface area contributed by atoms with Gasteiger partial charge in [0.15, 0.2) is 0 Å². The highest BCUT2D eigenvalue weighted by Gasteiger charge is 2.36. The summed E-state index contributed by atoms with van der Waals surface area (Å²) in [7, 11) is 0. The maximum Gasteiger partial charge on any atom is 0.407 e. The molecule has 0 aromatic rings. The molecule has 0 spiro atoms. The van der Waals surface area contributed by atoms with Crippen LogP contribution in [0.25, 0.3) is 0 Å². The Labute approximate surface area is 100 Å². The Hall–Kier alpha value is -1.30. The van der Waals surface area contributed by atoms with Crippen molar-refractivity contribution >= 4 is 12.1 Å². The Bertz CT molecular complexity index is 309. The molecular weight excluding hydrogens is 226 g/mol. The van der Waals surface area contributed by atoms with Gasteiger partial charge in [0, 0.05) is 0 Å². The lowest BCUT2D eigenvalue weighted by Crippen LogP contribution is -2.54. The number of alkyl carbamates (subject to hydrolysis) is 1. The predicted octanol–water partition coefficient (Wildman–Crippen LogP) is 0.576. The highest BCUT2D eigenvalue weighted by Crippen LogP contribution is 2.16. The number of aliphatic hydroxyl groups is 1. The van der Waals surface area contributed by atoms with Gasteiger partial charge < -0.3 is 19.9 Å². The second-order valence-corrected chi connectivity index (χ2v) is 5.14. The molecule has 2 N–H and O–H groups in total. The summed E-state index contributed by atoms with van der Waals surface area (Å²) in [5.74, 6) is -0.441. The Balaban J connectivity index is 2.55. The molecule has 3 atom stereocenters. The summed E-state index contributed by atoms with van der Waals surface area (Å²) in [5, 5.41) is 12.2. The molecule has 1 saturated heterocycles. The molecule has 0 bridgehead atoms. The zero-order valence-corrected chi connectivity index (χ0v) is 10.5. The molecule has 0 aromatic carbocycles. The van der Waals surface area contributed by atoms with Crippen molar-refractivity contribution < 1.29 is 24.2 Å². The van der Waals surface area contributed by atoms with Crippen molar-refractivity contribution in [2.45, 2.75) is 58.0 Å². The lowest BCUT2D eigenvalue weighted by molar-refractivity contribution is -0.164. The third kappa shape index (κ3) is 4.22. The van der Waals surface area contributed by atoms with E-state index < -0.39 is 35.9 Å². The number of cyclic esters (lactones) is 1. The van der Waals surface area contributed by atoms with Gasteiger partial charge in [0.25, 0.3) is 0 Å². The number of ether oxygens (including phenoxy) is 2. The SMILES string of the molecule is C[C@@H]1OC(=O)C[C@H](NC(=O)OC(C)(C)C)[C@H]1O. The van der Waals surface area contributed by atoms with Crippen LogP contribution in [0.3, 0.4) is 0 Å². The van der Waals surface area contributed by atoms with Crippen molar-refractivity contribution in [3.8, 4) is 0 Å². The zero-order chi connectivity index (χ0) is 13.2. The molecule has 0 unspecified atom stereocenters. The maximum absolute atomic E-state index is 11.5. The zero-order valence-electron chi connectivity index (χ0n) is 10.5. The Morgan fingerprint density at radius 2 is 2.12 bits per heavy atom. The van der Waals surface area contributed by atoms with Crippen molar-refractivity contribution in [3.05, 3.63) is 0 Å². The summed E-state index contributed by atoms with van der Waals surface area (Å²) >= 11 is 0. The van der Waals surface area contributed by atoms with Crippen LogP contribution in [0, 0.1) is 0 Å². The van der Waals surface area contributed by atoms with E-state index in [-0.39, 0.29) is 6.42 Å². The second kappa shape index (κ2) is 4.91. The molecule has 0 saturated carbocycles. The first kappa shape index (κ1) is 13.8. The molecule has 0 aliphatic carbocycles. The maximum atomic E-state index is 11.5. The van der Waals surface area contributed by atoms with Gasteiger partial charge >= 0.3 is 12.1 Å². The summed E-state index contributed by atoms with van der Waals surface area (Å²) in [6.07, 6.45) is -2.25. The van der Waals surface area contributed by atoms with E-state index in [0.717, 1.165) is 0 Å². The number of carbonyl (C=O) groups is 2. The molecule has 1 heterocycles. The van der Waals surface area contributed by atoms with Crippen molar-refractivity contribution in [3.63, 3.8) is 0 Å². The van der Waals surface area contributed by atoms with Gasteiger partial charge in [-0.15, -0.1) is 0 Å². The van der Waals surface area contributed by atoms with Gasteiger partial charge in [-0.25, -0.2) is 4.79 Å². The number of rotatable bonds is 1. The van der Waals surface area contributed by atoms with E-state index in [2.05, 4.69) is 5.32 Å². The molecule has 17 heavy (non-hydrogen) atoms. The molecule has 1 rings (SSSR count). The van der Waals surface area contributed by atoms with E-state index >= 15 is 0 Å². The van der Waals surface area contributed by atoms with Crippen LogP contribution in [0.1, 0.15) is 34.1 Å². The van der Waals surface area contributed by atoms with E-state index in [1.165, 1.54) is 0 Å². The van der Waals surface area contributed by atoms with Crippen LogP contribution >= 0.6 is 0 Å². The van der Waals surface area contributed by atoms with Crippen LogP contribution in [0.5, 0.6) is 0 Å². The fourth-order valence-electron chi connectivity index (χ4n) is 1.55. The molecule has 6 nitrogen and oxygen atoms in total. The number of hydrogen-bond acceptors (Lipinski definition) is 5. The van der Waals surface area contributed by atoms with Crippen molar-refractivity contribution in [2.24, 2.45) is 0 Å². The highest BCUT2D eigenvalue weighted by atomic mass is 16.6. The van der Waals surface area contributed by atoms with Crippen LogP contribution in [-0.2, 0) is 14.3 Å². The van der Waals surface area contributed by atoms with E-state index in [9.17, 15) is 14.7 Å². The van der Waals surface area contributed by atoms with Crippen LogP contribution in [0.4, 0.5) is 4.79 Å². The monoisotopic (exact) mass is 245 g/mol. The van der Waals surface area contributed by atoms with E-state index in [1.54, 1.807) is 27.7 Å². The first-order valence-corrected chi connectivity index (χ1v) is 5.56. The van der Waals surface area contributed by atoms with Gasteiger partial charge in [-0.3, -0.25) is 4.79 Å². The summed E-state index contributed by atoms with van der Waals surface area (Å²) in [4.78, 5) is 22.7. The molecule has 6 heteroatoms. The number of aliphatic hydroxyl groups excluding tert-OH is 1. The van der Waals surface area contributed by atoms with Gasteiger partial charge in [-0.2, -0.15) is 0 Å². The predicted molar refractivity (Wildman–Crippen MR) is 59.3 cm³/mol. The normalized spacial score (nSPS) is 29.5. The molecule has 98 valence electrons. The van der Waals surface area contributed by atoms with Gasteiger partial charge in [0.2, 0.25) is 0 Å². The van der Waals surface area contributed by atoms with E-state index in [0.29, 0.717) is 0 Å². The summed E-state index contributed by atoms with van der Waals surface area (Å²) in [5.41, 5.74) is -0.615. The van der Waals surface area contributed by atoms with Gasteiger partial charge in [-0.1, -0.05) is 0 Å². The molecule has 0 radical (unpaired) electrons. The first-order valence-electron chi connectivity index (χ1n) is 5.56. The van der Waals surface area contributed by atoms with Crippen molar-refractivity contribution in [1.29, 1.82) is 0 Å². The number of amides is 1. The second-order valence-electron chi connectivity index (χ2n) is 5.14. The molecule has 1 aliphatic heterocycles. The van der Waals surface area contributed by atoms with Crippen LogP contribution < -0.4 is 5.32 Å². The molecule has 1 fully saturated rings. The third-order valence-electron chi connectivity index (χ3n) is 2.30. The summed E-state index contributed by atoms with van der Waals surface area (Å²) in [6.45, 7) is 6.79. The number of hydrogen-bond donors (Lipinski definition) is 2. The molecule has 0 aromatic heterocycles. The highest BCUT2D eigenvalue weighted by molar-refractivity contribution is 5.74. The summed E-state index contributed by atoms with van der Waals surface area (Å²) < 4.78 is 9.88. The van der Waals surface area contributed by atoms with Crippen LogP contribution in [-0.4, -0.2) is 41.0 Å². The minimum atomic E-state index is -0.916. The fraction of sp³-hybridized carbons (Fsp3) is 0.818. The number of nitrogens with one attached hydrogen (secondary N) is 1. The van der Waals surface area contributed by atoms with Crippen molar-refractivity contribution in [2.75, 3.05) is 0 Å². The minimum absolute atomic E-state index is 0.0508. The van der Waals surface area contributed by atoms with Crippen molar-refractivity contribution in [1.82, 2.24) is 5.32 Å². The van der Waals surface area contributed by atoms with Gasteiger partial charge in [-0.05, 0) is 27.7 Å². The van der Waals surface area contributed by atoms with E-state index in [1.807, 2.05) is 0 Å². The molecular formula is C11H19NO5. The average Bonchev–Trinajstić information content (AvgIpc) is 2.10. The van der Waals surface area contributed by atoms with Crippen LogP contribution in [0.15, 0.2) is 0 Å². The van der Waals surface area contributed by atoms with Gasteiger partial charge in [0.1, 0.15) is 17.8 Å². The number of esters is 1. The lowest BCUT2D eigenvalue weighted by Gasteiger charge is -2.33. The van der Waals surface area contributed by atoms with Crippen LogP contribution in [0.2, 0.25) is 0 Å². The molecule has 1 aliphatic rings. The summed E-state index contributed by atoms with van der Waals surface area (Å²) in [6, 6.07) is -0.666. The van der Waals surface area contributed by atoms with Gasteiger partial charge in [0.05, 0.1) is 12.5 Å². The quantitative estimate of drug-likeness (QED) is 0.660. The topological polar surface area (TPSA) is 84.9 Å². The molecule has 1 amide bonds. The smallest absolute Gasteiger partial charge is 0.407 e. The number of carbonyl (C=O) groups excluding carboxylic acids is 2. The Kier molecular flexibility index (Phi) is 3.98. The average molecular weight is 245 g/mol. The minimum Gasteiger partial charge on any atom is -0.460 e. The van der Waals surface area contributed by atoms with E-state index in [4.69, 9.17) is 9.47 Å². The lowest BCUT2D eigenvalue weighted by atomic mass is 10.0. The largest absolute Gasteiger partial charge is 0.460 e.